The predicted octanol–water partition coefficient (Wildman–Crippen LogP) is 1.20. The van der Waals surface area contributed by atoms with Crippen molar-refractivity contribution in [1.29, 1.82) is 0 Å². The highest BCUT2D eigenvalue weighted by Gasteiger charge is 2.03. The van der Waals surface area contributed by atoms with Crippen molar-refractivity contribution in [3.05, 3.63) is 23.8 Å². The zero-order chi connectivity index (χ0) is 14.8. The molecule has 0 radical (unpaired) electrons. The van der Waals surface area contributed by atoms with E-state index >= 15 is 0 Å². The molecule has 0 aliphatic carbocycles. The summed E-state index contributed by atoms with van der Waals surface area (Å²) in [6.07, 6.45) is 0. The van der Waals surface area contributed by atoms with E-state index in [4.69, 9.17) is 19.9 Å². The number of nitrogens with two attached hydrogens (primary N) is 1. The Kier molecular flexibility index (Phi) is 7.64. The molecule has 20 heavy (non-hydrogen) atoms. The van der Waals surface area contributed by atoms with E-state index in [1.54, 1.807) is 19.2 Å². The highest BCUT2D eigenvalue weighted by atomic mass is 16.5. The van der Waals surface area contributed by atoms with E-state index in [0.717, 1.165) is 5.56 Å². The number of amides is 1. The summed E-state index contributed by atoms with van der Waals surface area (Å²) in [5, 5.41) is 2.72. The Morgan fingerprint density at radius 3 is 2.60 bits per heavy atom. The Morgan fingerprint density at radius 1 is 1.20 bits per heavy atom. The number of methoxy groups -OCH3 is 1. The average molecular weight is 282 g/mol. The highest BCUT2D eigenvalue weighted by Crippen LogP contribution is 2.16. The van der Waals surface area contributed by atoms with Crippen LogP contribution in [0.2, 0.25) is 0 Å². The van der Waals surface area contributed by atoms with Crippen LogP contribution in [0, 0.1) is 6.92 Å². The minimum absolute atomic E-state index is 0.0125. The smallest absolute Gasteiger partial charge is 0.250 e. The standard InChI is InChI=1S/C14H22N2O4/c1-11-3-4-12(9-13(11)15)16-14(17)10-20-8-7-19-6-5-18-2/h3-4,9H,5-8,10,15H2,1-2H3,(H,16,17). The summed E-state index contributed by atoms with van der Waals surface area (Å²) in [7, 11) is 1.61. The van der Waals surface area contributed by atoms with Crippen molar-refractivity contribution in [3.63, 3.8) is 0 Å². The number of hydrogen-bond donors (Lipinski definition) is 2. The Morgan fingerprint density at radius 2 is 1.90 bits per heavy atom. The molecule has 0 fully saturated rings. The Balaban J connectivity index is 2.15. The molecule has 0 aliphatic heterocycles. The summed E-state index contributed by atoms with van der Waals surface area (Å²) in [6, 6.07) is 5.38. The van der Waals surface area contributed by atoms with E-state index in [2.05, 4.69) is 5.32 Å². The van der Waals surface area contributed by atoms with Crippen molar-refractivity contribution in [2.45, 2.75) is 6.92 Å². The van der Waals surface area contributed by atoms with Gasteiger partial charge in [-0.3, -0.25) is 4.79 Å². The minimum Gasteiger partial charge on any atom is -0.398 e. The molecular formula is C14H22N2O4. The maximum Gasteiger partial charge on any atom is 0.250 e. The number of anilines is 2. The van der Waals surface area contributed by atoms with Crippen LogP contribution in [0.3, 0.4) is 0 Å². The fourth-order valence-electron chi connectivity index (χ4n) is 1.44. The van der Waals surface area contributed by atoms with E-state index in [1.165, 1.54) is 0 Å². The van der Waals surface area contributed by atoms with Gasteiger partial charge in [0, 0.05) is 18.5 Å². The van der Waals surface area contributed by atoms with Gasteiger partial charge >= 0.3 is 0 Å². The third-order valence-corrected chi connectivity index (χ3v) is 2.60. The summed E-state index contributed by atoms with van der Waals surface area (Å²) >= 11 is 0. The maximum atomic E-state index is 11.6. The van der Waals surface area contributed by atoms with Crippen molar-refractivity contribution >= 4 is 17.3 Å². The van der Waals surface area contributed by atoms with Crippen LogP contribution in [0.1, 0.15) is 5.56 Å². The molecule has 0 spiro atoms. The zero-order valence-corrected chi connectivity index (χ0v) is 12.0. The number of nitrogens with one attached hydrogen (secondary N) is 1. The molecule has 0 bridgehead atoms. The summed E-state index contributed by atoms with van der Waals surface area (Å²) < 4.78 is 15.2. The van der Waals surface area contributed by atoms with Gasteiger partial charge in [-0.15, -0.1) is 0 Å². The second kappa shape index (κ2) is 9.30. The van der Waals surface area contributed by atoms with Crippen molar-refractivity contribution < 1.29 is 19.0 Å². The number of carbonyl (C=O) groups is 1. The zero-order valence-electron chi connectivity index (χ0n) is 12.0. The van der Waals surface area contributed by atoms with Crippen LogP contribution in [0.4, 0.5) is 11.4 Å². The first-order chi connectivity index (χ1) is 9.63. The van der Waals surface area contributed by atoms with Gasteiger partial charge in [0.25, 0.3) is 0 Å². The average Bonchev–Trinajstić information content (AvgIpc) is 2.42. The Labute approximate surface area is 119 Å². The van der Waals surface area contributed by atoms with E-state index in [0.29, 0.717) is 37.8 Å². The van der Waals surface area contributed by atoms with Crippen LogP contribution in [0.5, 0.6) is 0 Å². The van der Waals surface area contributed by atoms with Crippen LogP contribution in [0.15, 0.2) is 18.2 Å². The normalized spacial score (nSPS) is 10.5. The number of aryl methyl sites for hydroxylation is 1. The van der Waals surface area contributed by atoms with E-state index < -0.39 is 0 Å². The first-order valence-corrected chi connectivity index (χ1v) is 6.44. The summed E-state index contributed by atoms with van der Waals surface area (Å²) in [4.78, 5) is 11.6. The fraction of sp³-hybridized carbons (Fsp3) is 0.500. The third kappa shape index (κ3) is 6.51. The molecule has 3 N–H and O–H groups in total. The molecule has 0 saturated carbocycles. The molecular weight excluding hydrogens is 260 g/mol. The third-order valence-electron chi connectivity index (χ3n) is 2.60. The second-order valence-electron chi connectivity index (χ2n) is 4.28. The molecule has 0 atom stereocenters. The summed E-state index contributed by atoms with van der Waals surface area (Å²) in [5.41, 5.74) is 8.06. The van der Waals surface area contributed by atoms with Gasteiger partial charge in [0.15, 0.2) is 0 Å². The second-order valence-corrected chi connectivity index (χ2v) is 4.28. The first kappa shape index (κ1) is 16.4. The topological polar surface area (TPSA) is 82.8 Å². The lowest BCUT2D eigenvalue weighted by molar-refractivity contribution is -0.121. The number of benzene rings is 1. The van der Waals surface area contributed by atoms with Gasteiger partial charge in [-0.05, 0) is 24.6 Å². The molecule has 1 amide bonds. The fourth-order valence-corrected chi connectivity index (χ4v) is 1.44. The van der Waals surface area contributed by atoms with Crippen molar-refractivity contribution in [1.82, 2.24) is 0 Å². The number of rotatable bonds is 9. The molecule has 0 heterocycles. The minimum atomic E-state index is -0.217. The van der Waals surface area contributed by atoms with E-state index in [9.17, 15) is 4.79 Å². The largest absolute Gasteiger partial charge is 0.398 e. The molecule has 112 valence electrons. The van der Waals surface area contributed by atoms with Crippen molar-refractivity contribution in [2.75, 3.05) is 51.2 Å². The van der Waals surface area contributed by atoms with Gasteiger partial charge in [-0.1, -0.05) is 6.07 Å². The SMILES string of the molecule is COCCOCCOCC(=O)Nc1ccc(C)c(N)c1. The molecule has 6 nitrogen and oxygen atoms in total. The molecule has 0 unspecified atom stereocenters. The Hall–Kier alpha value is -1.63. The van der Waals surface area contributed by atoms with Crippen LogP contribution in [0.25, 0.3) is 0 Å². The molecule has 0 saturated heterocycles. The number of carbonyl (C=O) groups excluding carboxylic acids is 1. The summed E-state index contributed by atoms with van der Waals surface area (Å²) in [6.45, 7) is 3.78. The molecule has 1 aromatic rings. The monoisotopic (exact) mass is 282 g/mol. The van der Waals surface area contributed by atoms with E-state index in [-0.39, 0.29) is 12.5 Å². The van der Waals surface area contributed by atoms with Gasteiger partial charge in [-0.25, -0.2) is 0 Å². The van der Waals surface area contributed by atoms with Gasteiger partial charge in [0.1, 0.15) is 6.61 Å². The lowest BCUT2D eigenvalue weighted by Crippen LogP contribution is -2.20. The lowest BCUT2D eigenvalue weighted by Gasteiger charge is -2.08. The van der Waals surface area contributed by atoms with Gasteiger partial charge in [0.2, 0.25) is 5.91 Å². The highest BCUT2D eigenvalue weighted by molar-refractivity contribution is 5.92. The predicted molar refractivity (Wildman–Crippen MR) is 77.7 cm³/mol. The molecule has 1 rings (SSSR count). The van der Waals surface area contributed by atoms with Crippen LogP contribution in [-0.2, 0) is 19.0 Å². The van der Waals surface area contributed by atoms with Crippen LogP contribution < -0.4 is 11.1 Å². The first-order valence-electron chi connectivity index (χ1n) is 6.44. The summed E-state index contributed by atoms with van der Waals surface area (Å²) in [5.74, 6) is -0.217. The van der Waals surface area contributed by atoms with Crippen LogP contribution >= 0.6 is 0 Å². The van der Waals surface area contributed by atoms with Crippen molar-refractivity contribution in [2.24, 2.45) is 0 Å². The van der Waals surface area contributed by atoms with Crippen molar-refractivity contribution in [3.8, 4) is 0 Å². The molecule has 0 aliphatic rings. The molecule has 6 heteroatoms. The maximum absolute atomic E-state index is 11.6. The van der Waals surface area contributed by atoms with E-state index in [1.807, 2.05) is 13.0 Å². The Bertz CT molecular complexity index is 424. The number of ether oxygens (including phenoxy) is 3. The molecule has 0 aromatic heterocycles. The molecule has 1 aromatic carbocycles. The number of hydrogen-bond acceptors (Lipinski definition) is 5. The number of nitrogen functional groups attached to an aromatic ring is 1. The van der Waals surface area contributed by atoms with Gasteiger partial charge in [0.05, 0.1) is 26.4 Å². The van der Waals surface area contributed by atoms with Gasteiger partial charge in [-0.2, -0.15) is 0 Å². The lowest BCUT2D eigenvalue weighted by atomic mass is 10.2. The van der Waals surface area contributed by atoms with Crippen LogP contribution in [-0.4, -0.2) is 46.1 Å². The van der Waals surface area contributed by atoms with Gasteiger partial charge < -0.3 is 25.3 Å². The quantitative estimate of drug-likeness (QED) is 0.525.